The Kier molecular flexibility index (Phi) is 8.76. The summed E-state index contributed by atoms with van der Waals surface area (Å²) in [5.41, 5.74) is 2.55. The number of carbonyl (C=O) groups is 1. The topological polar surface area (TPSA) is 108 Å². The summed E-state index contributed by atoms with van der Waals surface area (Å²) in [4.78, 5) is 26.3. The van der Waals surface area contributed by atoms with Crippen LogP contribution in [0.2, 0.25) is 0 Å². The van der Waals surface area contributed by atoms with E-state index in [9.17, 15) is 9.90 Å². The lowest BCUT2D eigenvalue weighted by atomic mass is 10.1. The van der Waals surface area contributed by atoms with Gasteiger partial charge in [0.2, 0.25) is 0 Å². The molecule has 0 saturated carbocycles. The van der Waals surface area contributed by atoms with Gasteiger partial charge in [-0.2, -0.15) is 5.10 Å². The summed E-state index contributed by atoms with van der Waals surface area (Å²) in [6, 6.07) is 9.73. The highest BCUT2D eigenvalue weighted by molar-refractivity contribution is 7.13. The standard InChI is InChI=1S/C28H37N7O2S/c1-6-34(7-2)19(3)17-30-27(36)20-15-23(32-25(16-20)29-12-11-28(4,5)37)21-18-31-35-13-10-22(33-26(21)35)24-9-8-14-38-24/h8-10,13-16,18-19,37H,6-7,11-12,17H2,1-5H3,(H,29,32)(H,30,36)/t19-/m0/s1. The van der Waals surface area contributed by atoms with E-state index in [4.69, 9.17) is 9.97 Å². The van der Waals surface area contributed by atoms with Crippen molar-refractivity contribution in [3.63, 3.8) is 0 Å². The van der Waals surface area contributed by atoms with E-state index in [1.165, 1.54) is 0 Å². The van der Waals surface area contributed by atoms with Crippen LogP contribution in [0.3, 0.4) is 0 Å². The Morgan fingerprint density at radius 1 is 1.18 bits per heavy atom. The molecule has 0 aliphatic carbocycles. The number of pyridine rings is 1. The fourth-order valence-electron chi connectivity index (χ4n) is 4.32. The predicted molar refractivity (Wildman–Crippen MR) is 154 cm³/mol. The summed E-state index contributed by atoms with van der Waals surface area (Å²) < 4.78 is 1.72. The van der Waals surface area contributed by atoms with E-state index < -0.39 is 5.60 Å². The minimum atomic E-state index is -0.810. The normalized spacial score (nSPS) is 12.7. The van der Waals surface area contributed by atoms with Gasteiger partial charge in [0.05, 0.1) is 33.6 Å². The van der Waals surface area contributed by atoms with Gasteiger partial charge in [-0.05, 0) is 69.9 Å². The number of anilines is 1. The number of nitrogens with one attached hydrogen (secondary N) is 2. The molecule has 0 aliphatic rings. The molecule has 9 nitrogen and oxygen atoms in total. The van der Waals surface area contributed by atoms with Gasteiger partial charge in [-0.15, -0.1) is 11.3 Å². The van der Waals surface area contributed by atoms with Gasteiger partial charge in [-0.25, -0.2) is 14.5 Å². The van der Waals surface area contributed by atoms with Gasteiger partial charge in [-0.3, -0.25) is 9.69 Å². The second-order valence-electron chi connectivity index (χ2n) is 10.0. The minimum Gasteiger partial charge on any atom is -0.390 e. The van der Waals surface area contributed by atoms with Crippen molar-refractivity contribution in [3.8, 4) is 21.8 Å². The number of thiophene rings is 1. The lowest BCUT2D eigenvalue weighted by Gasteiger charge is -2.26. The number of fused-ring (bicyclic) bond motifs is 1. The Bertz CT molecular complexity index is 1360. The van der Waals surface area contributed by atoms with Crippen molar-refractivity contribution in [1.29, 1.82) is 0 Å². The number of likely N-dealkylation sites (N-methyl/N-ethyl adjacent to an activating group) is 1. The molecule has 4 aromatic heterocycles. The van der Waals surface area contributed by atoms with Crippen molar-refractivity contribution in [1.82, 2.24) is 29.8 Å². The first-order chi connectivity index (χ1) is 18.2. The molecule has 0 spiro atoms. The quantitative estimate of drug-likeness (QED) is 0.244. The van der Waals surface area contributed by atoms with Gasteiger partial charge in [0.15, 0.2) is 5.65 Å². The van der Waals surface area contributed by atoms with Crippen molar-refractivity contribution in [2.45, 2.75) is 52.7 Å². The third kappa shape index (κ3) is 6.75. The van der Waals surface area contributed by atoms with Crippen molar-refractivity contribution in [2.75, 3.05) is 31.5 Å². The molecule has 1 amide bonds. The first-order valence-electron chi connectivity index (χ1n) is 13.1. The molecule has 202 valence electrons. The molecule has 0 bridgehead atoms. The Labute approximate surface area is 227 Å². The first-order valence-corrected chi connectivity index (χ1v) is 14.0. The van der Waals surface area contributed by atoms with Gasteiger partial charge >= 0.3 is 0 Å². The number of amides is 1. The van der Waals surface area contributed by atoms with Crippen LogP contribution in [0, 0.1) is 0 Å². The number of nitrogens with zero attached hydrogens (tertiary/aromatic N) is 5. The largest absolute Gasteiger partial charge is 0.390 e. The lowest BCUT2D eigenvalue weighted by Crippen LogP contribution is -2.42. The number of rotatable bonds is 12. The summed E-state index contributed by atoms with van der Waals surface area (Å²) in [6.07, 6.45) is 4.15. The van der Waals surface area contributed by atoms with Gasteiger partial charge < -0.3 is 15.7 Å². The minimum absolute atomic E-state index is 0.165. The van der Waals surface area contributed by atoms with Crippen LogP contribution in [0.4, 0.5) is 5.82 Å². The van der Waals surface area contributed by atoms with E-state index >= 15 is 0 Å². The van der Waals surface area contributed by atoms with Crippen LogP contribution in [0.25, 0.3) is 27.5 Å². The van der Waals surface area contributed by atoms with Gasteiger partial charge in [0.1, 0.15) is 5.82 Å². The van der Waals surface area contributed by atoms with Crippen molar-refractivity contribution < 1.29 is 9.90 Å². The third-order valence-electron chi connectivity index (χ3n) is 6.54. The zero-order chi connectivity index (χ0) is 27.3. The van der Waals surface area contributed by atoms with Gasteiger partial charge in [0, 0.05) is 30.9 Å². The molecule has 0 saturated heterocycles. The fraction of sp³-hybridized carbons (Fsp3) is 0.429. The fourth-order valence-corrected chi connectivity index (χ4v) is 5.01. The van der Waals surface area contributed by atoms with Crippen LogP contribution in [0.15, 0.2) is 48.1 Å². The van der Waals surface area contributed by atoms with Gasteiger partial charge in [-0.1, -0.05) is 19.9 Å². The molecular weight excluding hydrogens is 498 g/mol. The molecule has 3 N–H and O–H groups in total. The van der Waals surface area contributed by atoms with Crippen LogP contribution < -0.4 is 10.6 Å². The highest BCUT2D eigenvalue weighted by atomic mass is 32.1. The number of aliphatic hydroxyl groups is 1. The number of aromatic nitrogens is 4. The number of hydrogen-bond donors (Lipinski definition) is 3. The highest BCUT2D eigenvalue weighted by Crippen LogP contribution is 2.28. The summed E-state index contributed by atoms with van der Waals surface area (Å²) >= 11 is 1.63. The monoisotopic (exact) mass is 535 g/mol. The number of hydrogen-bond acceptors (Lipinski definition) is 8. The van der Waals surface area contributed by atoms with Crippen LogP contribution in [0.5, 0.6) is 0 Å². The molecule has 38 heavy (non-hydrogen) atoms. The summed E-state index contributed by atoms with van der Waals surface area (Å²) in [5.74, 6) is 0.393. The van der Waals surface area contributed by atoms with E-state index in [1.54, 1.807) is 48.0 Å². The molecule has 0 radical (unpaired) electrons. The molecule has 0 aromatic carbocycles. The van der Waals surface area contributed by atoms with E-state index in [1.807, 2.05) is 29.8 Å². The number of carbonyl (C=O) groups excluding carboxylic acids is 1. The Morgan fingerprint density at radius 2 is 1.97 bits per heavy atom. The van der Waals surface area contributed by atoms with E-state index in [0.717, 1.165) is 29.2 Å². The van der Waals surface area contributed by atoms with Crippen molar-refractivity contribution >= 4 is 28.7 Å². The first kappa shape index (κ1) is 27.7. The van der Waals surface area contributed by atoms with E-state index in [-0.39, 0.29) is 11.9 Å². The van der Waals surface area contributed by atoms with E-state index in [0.29, 0.717) is 42.2 Å². The van der Waals surface area contributed by atoms with Crippen LogP contribution in [-0.4, -0.2) is 73.3 Å². The molecular formula is C28H37N7O2S. The maximum Gasteiger partial charge on any atom is 0.251 e. The van der Waals surface area contributed by atoms with Crippen molar-refractivity contribution in [2.24, 2.45) is 0 Å². The van der Waals surface area contributed by atoms with Crippen LogP contribution in [-0.2, 0) is 0 Å². The molecule has 0 aliphatic heterocycles. The predicted octanol–water partition coefficient (Wildman–Crippen LogP) is 4.55. The Hall–Kier alpha value is -3.34. The summed E-state index contributed by atoms with van der Waals surface area (Å²) in [7, 11) is 0. The molecule has 0 unspecified atom stereocenters. The van der Waals surface area contributed by atoms with Gasteiger partial charge in [0.25, 0.3) is 5.91 Å². The molecule has 1 atom stereocenters. The molecule has 0 fully saturated rings. The SMILES string of the molecule is CCN(CC)[C@@H](C)CNC(=O)c1cc(NCCC(C)(C)O)nc(-c2cnn3ccc(-c4cccs4)nc23)c1. The second kappa shape index (κ2) is 12.0. The maximum atomic E-state index is 13.3. The maximum absolute atomic E-state index is 13.3. The second-order valence-corrected chi connectivity index (χ2v) is 11.0. The summed E-state index contributed by atoms with van der Waals surface area (Å²) in [6.45, 7) is 12.8. The zero-order valence-corrected chi connectivity index (χ0v) is 23.5. The highest BCUT2D eigenvalue weighted by Gasteiger charge is 2.18. The average molecular weight is 536 g/mol. The molecule has 4 rings (SSSR count). The molecule has 4 aromatic rings. The summed E-state index contributed by atoms with van der Waals surface area (Å²) in [5, 5.41) is 23.0. The Morgan fingerprint density at radius 3 is 2.66 bits per heavy atom. The van der Waals surface area contributed by atoms with Crippen LogP contribution >= 0.6 is 11.3 Å². The smallest absolute Gasteiger partial charge is 0.251 e. The lowest BCUT2D eigenvalue weighted by molar-refractivity contribution is 0.0748. The van der Waals surface area contributed by atoms with E-state index in [2.05, 4.69) is 41.4 Å². The average Bonchev–Trinajstić information content (AvgIpc) is 3.57. The van der Waals surface area contributed by atoms with Crippen LogP contribution in [0.1, 0.15) is 51.4 Å². The van der Waals surface area contributed by atoms with Crippen molar-refractivity contribution in [3.05, 3.63) is 53.7 Å². The zero-order valence-electron chi connectivity index (χ0n) is 22.7. The molecule has 4 heterocycles. The molecule has 10 heteroatoms. The Balaban J connectivity index is 1.67. The third-order valence-corrected chi connectivity index (χ3v) is 7.44.